The third-order valence-corrected chi connectivity index (χ3v) is 3.97. The molecule has 0 radical (unpaired) electrons. The highest BCUT2D eigenvalue weighted by molar-refractivity contribution is 8.14. The number of esters is 1. The molecule has 1 aromatic rings. The topological polar surface area (TPSA) is 59.0 Å². The quantitative estimate of drug-likeness (QED) is 0.593. The maximum atomic E-state index is 12.2. The molecule has 1 heterocycles. The number of benzene rings is 1. The van der Waals surface area contributed by atoms with Crippen molar-refractivity contribution in [2.45, 2.75) is 6.92 Å². The summed E-state index contributed by atoms with van der Waals surface area (Å²) in [5, 5.41) is 0.743. The van der Waals surface area contributed by atoms with Gasteiger partial charge in [-0.05, 0) is 6.92 Å². The molecule has 0 unspecified atom stereocenters. The van der Waals surface area contributed by atoms with Gasteiger partial charge in [0.15, 0.2) is 11.0 Å². The summed E-state index contributed by atoms with van der Waals surface area (Å²) in [6.07, 6.45) is 0. The van der Waals surface area contributed by atoms with Gasteiger partial charge in [-0.15, -0.1) is 0 Å². The number of ether oxygens (including phenoxy) is 1. The minimum atomic E-state index is -0.341. The molecule has 2 rings (SSSR count). The molecule has 1 aliphatic heterocycles. The SMILES string of the molecule is CCOC(=O)CN=C1SCCN1CC(=O)c1ccccc1. The fraction of sp³-hybridized carbons (Fsp3) is 0.400. The number of ketones is 1. The molecule has 0 aliphatic carbocycles. The van der Waals surface area contributed by atoms with Gasteiger partial charge in [-0.2, -0.15) is 0 Å². The Labute approximate surface area is 128 Å². The summed E-state index contributed by atoms with van der Waals surface area (Å²) < 4.78 is 4.85. The van der Waals surface area contributed by atoms with Crippen LogP contribution in [0.1, 0.15) is 17.3 Å². The van der Waals surface area contributed by atoms with Crippen LogP contribution in [0.3, 0.4) is 0 Å². The fourth-order valence-electron chi connectivity index (χ4n) is 1.95. The fourth-order valence-corrected chi connectivity index (χ4v) is 2.94. The first-order valence-electron chi connectivity index (χ1n) is 6.86. The van der Waals surface area contributed by atoms with Crippen molar-refractivity contribution in [3.8, 4) is 0 Å². The van der Waals surface area contributed by atoms with E-state index in [1.807, 2.05) is 23.1 Å². The van der Waals surface area contributed by atoms with E-state index in [1.165, 1.54) is 0 Å². The van der Waals surface area contributed by atoms with Crippen molar-refractivity contribution in [1.82, 2.24) is 4.90 Å². The lowest BCUT2D eigenvalue weighted by molar-refractivity contribution is -0.141. The Morgan fingerprint density at radius 1 is 1.33 bits per heavy atom. The number of carbonyl (C=O) groups is 2. The molecule has 0 N–H and O–H groups in total. The molecule has 0 aromatic heterocycles. The first-order chi connectivity index (χ1) is 10.2. The monoisotopic (exact) mass is 306 g/mol. The van der Waals surface area contributed by atoms with Crippen molar-refractivity contribution >= 4 is 28.7 Å². The highest BCUT2D eigenvalue weighted by Crippen LogP contribution is 2.18. The van der Waals surface area contributed by atoms with Gasteiger partial charge < -0.3 is 9.64 Å². The molecule has 0 amide bonds. The van der Waals surface area contributed by atoms with Crippen LogP contribution in [0.4, 0.5) is 0 Å². The van der Waals surface area contributed by atoms with Crippen LogP contribution in [-0.4, -0.2) is 53.8 Å². The van der Waals surface area contributed by atoms with Crippen LogP contribution in [0.5, 0.6) is 0 Å². The maximum Gasteiger partial charge on any atom is 0.327 e. The summed E-state index contributed by atoms with van der Waals surface area (Å²) in [5.41, 5.74) is 0.694. The zero-order chi connectivity index (χ0) is 15.1. The predicted octanol–water partition coefficient (Wildman–Crippen LogP) is 1.84. The van der Waals surface area contributed by atoms with Crippen LogP contribution in [-0.2, 0) is 9.53 Å². The van der Waals surface area contributed by atoms with E-state index in [1.54, 1.807) is 30.8 Å². The van der Waals surface area contributed by atoms with Crippen molar-refractivity contribution in [2.24, 2.45) is 4.99 Å². The van der Waals surface area contributed by atoms with Gasteiger partial charge in [0.05, 0.1) is 13.2 Å². The number of hydrogen-bond acceptors (Lipinski definition) is 5. The second-order valence-corrected chi connectivity index (χ2v) is 5.53. The van der Waals surface area contributed by atoms with Crippen molar-refractivity contribution in [2.75, 3.05) is 32.0 Å². The third-order valence-electron chi connectivity index (χ3n) is 2.94. The molecule has 0 spiro atoms. The van der Waals surface area contributed by atoms with E-state index in [0.717, 1.165) is 17.5 Å². The summed E-state index contributed by atoms with van der Waals surface area (Å²) in [6.45, 7) is 3.18. The van der Waals surface area contributed by atoms with E-state index >= 15 is 0 Å². The molecular formula is C15H18N2O3S. The lowest BCUT2D eigenvalue weighted by Crippen LogP contribution is -2.31. The molecule has 0 saturated carbocycles. The molecule has 1 aliphatic rings. The number of carbonyl (C=O) groups excluding carboxylic acids is 2. The van der Waals surface area contributed by atoms with E-state index in [0.29, 0.717) is 18.7 Å². The van der Waals surface area contributed by atoms with Crippen molar-refractivity contribution < 1.29 is 14.3 Å². The van der Waals surface area contributed by atoms with Crippen molar-refractivity contribution in [1.29, 1.82) is 0 Å². The van der Waals surface area contributed by atoms with Crippen molar-refractivity contribution in [3.63, 3.8) is 0 Å². The van der Waals surface area contributed by atoms with Crippen molar-refractivity contribution in [3.05, 3.63) is 35.9 Å². The Morgan fingerprint density at radius 3 is 2.81 bits per heavy atom. The largest absolute Gasteiger partial charge is 0.465 e. The molecule has 1 fully saturated rings. The average molecular weight is 306 g/mol. The van der Waals surface area contributed by atoms with Gasteiger partial charge in [-0.3, -0.25) is 14.6 Å². The lowest BCUT2D eigenvalue weighted by Gasteiger charge is -2.16. The van der Waals surface area contributed by atoms with Crippen LogP contribution in [0.15, 0.2) is 35.3 Å². The van der Waals surface area contributed by atoms with E-state index in [4.69, 9.17) is 4.74 Å². The molecule has 6 heteroatoms. The predicted molar refractivity (Wildman–Crippen MR) is 83.7 cm³/mol. The summed E-state index contributed by atoms with van der Waals surface area (Å²) in [5.74, 6) is 0.595. The molecule has 0 atom stereocenters. The van der Waals surface area contributed by atoms with Crippen LogP contribution in [0.25, 0.3) is 0 Å². The highest BCUT2D eigenvalue weighted by Gasteiger charge is 2.22. The minimum absolute atomic E-state index is 0.00615. The van der Waals surface area contributed by atoms with E-state index in [-0.39, 0.29) is 18.3 Å². The summed E-state index contributed by atoms with van der Waals surface area (Å²) >= 11 is 1.56. The summed E-state index contributed by atoms with van der Waals surface area (Å²) in [6, 6.07) is 9.19. The molecule has 112 valence electrons. The number of nitrogens with zero attached hydrogens (tertiary/aromatic N) is 2. The molecule has 5 nitrogen and oxygen atoms in total. The average Bonchev–Trinajstić information content (AvgIpc) is 2.93. The van der Waals surface area contributed by atoms with E-state index in [9.17, 15) is 9.59 Å². The van der Waals surface area contributed by atoms with Gasteiger partial charge >= 0.3 is 5.97 Å². The number of amidine groups is 1. The van der Waals surface area contributed by atoms with Gasteiger partial charge in [-0.1, -0.05) is 42.1 Å². The van der Waals surface area contributed by atoms with E-state index in [2.05, 4.69) is 4.99 Å². The Morgan fingerprint density at radius 2 is 2.10 bits per heavy atom. The minimum Gasteiger partial charge on any atom is -0.465 e. The number of Topliss-reactive ketones (excluding diaryl/α,β-unsaturated/α-hetero) is 1. The molecule has 21 heavy (non-hydrogen) atoms. The standard InChI is InChI=1S/C15H18N2O3S/c1-2-20-14(19)10-16-15-17(8-9-21-15)11-13(18)12-6-4-3-5-7-12/h3-7H,2,8-11H2,1H3. The second kappa shape index (κ2) is 7.83. The van der Waals surface area contributed by atoms with Crippen LogP contribution < -0.4 is 0 Å². The molecule has 1 saturated heterocycles. The molecule has 0 bridgehead atoms. The van der Waals surface area contributed by atoms with Crippen LogP contribution in [0.2, 0.25) is 0 Å². The van der Waals surface area contributed by atoms with E-state index < -0.39 is 0 Å². The van der Waals surface area contributed by atoms with Crippen LogP contribution in [0, 0.1) is 0 Å². The Kier molecular flexibility index (Phi) is 5.80. The zero-order valence-corrected chi connectivity index (χ0v) is 12.8. The Balaban J connectivity index is 1.94. The second-order valence-electron chi connectivity index (χ2n) is 4.46. The number of aliphatic imine (C=N–C) groups is 1. The first-order valence-corrected chi connectivity index (χ1v) is 7.85. The summed E-state index contributed by atoms with van der Waals surface area (Å²) in [4.78, 5) is 29.7. The molecule has 1 aromatic carbocycles. The Hall–Kier alpha value is -1.82. The normalized spacial score (nSPS) is 16.2. The maximum absolute atomic E-state index is 12.2. The zero-order valence-electron chi connectivity index (χ0n) is 11.9. The van der Waals surface area contributed by atoms with Crippen LogP contribution >= 0.6 is 11.8 Å². The highest BCUT2D eigenvalue weighted by atomic mass is 32.2. The van der Waals surface area contributed by atoms with Gasteiger partial charge in [0.2, 0.25) is 0 Å². The molecular weight excluding hydrogens is 288 g/mol. The Bertz CT molecular complexity index is 531. The number of rotatable bonds is 6. The third kappa shape index (κ3) is 4.60. The smallest absolute Gasteiger partial charge is 0.327 e. The number of thioether (sulfide) groups is 1. The van der Waals surface area contributed by atoms with Gasteiger partial charge in [0.25, 0.3) is 0 Å². The lowest BCUT2D eigenvalue weighted by atomic mass is 10.1. The van der Waals surface area contributed by atoms with Gasteiger partial charge in [-0.25, -0.2) is 0 Å². The van der Waals surface area contributed by atoms with Gasteiger partial charge in [0, 0.05) is 17.9 Å². The first kappa shape index (κ1) is 15.6. The van der Waals surface area contributed by atoms with Gasteiger partial charge in [0.1, 0.15) is 6.54 Å². The number of hydrogen-bond donors (Lipinski definition) is 0. The summed E-state index contributed by atoms with van der Waals surface area (Å²) in [7, 11) is 0.